The van der Waals surface area contributed by atoms with Crippen LogP contribution in [0.4, 0.5) is 0 Å². The second-order valence-corrected chi connectivity index (χ2v) is 13.7. The van der Waals surface area contributed by atoms with Gasteiger partial charge in [0.15, 0.2) is 0 Å². The van der Waals surface area contributed by atoms with Gasteiger partial charge in [-0.1, -0.05) is 121 Å². The summed E-state index contributed by atoms with van der Waals surface area (Å²) < 4.78 is 1.28. The first kappa shape index (κ1) is 26.6. The number of thiophene rings is 1. The molecule has 7 aromatic carbocycles. The zero-order valence-electron chi connectivity index (χ0n) is 25.7. The average Bonchev–Trinajstić information content (AvgIpc) is 3.52. The summed E-state index contributed by atoms with van der Waals surface area (Å²) in [5.74, 6) is 0. The largest absolute Gasteiger partial charge is 0.255 e. The highest BCUT2D eigenvalue weighted by atomic mass is 32.1. The number of benzene rings is 7. The van der Waals surface area contributed by atoms with Crippen molar-refractivity contribution in [3.05, 3.63) is 156 Å². The topological polar surface area (TPSA) is 12.9 Å². The van der Waals surface area contributed by atoms with E-state index in [0.717, 1.165) is 24.1 Å². The van der Waals surface area contributed by atoms with E-state index in [2.05, 4.69) is 146 Å². The molecular formula is C45H29NS. The van der Waals surface area contributed by atoms with Crippen LogP contribution in [-0.2, 0) is 6.42 Å². The van der Waals surface area contributed by atoms with Crippen molar-refractivity contribution in [3.63, 3.8) is 0 Å². The quantitative estimate of drug-likeness (QED) is 0.180. The number of allylic oxidation sites excluding steroid dienone is 1. The molecule has 0 amide bonds. The molecule has 1 nitrogen and oxygen atoms in total. The molecule has 2 aromatic heterocycles. The molecule has 0 atom stereocenters. The van der Waals surface area contributed by atoms with E-state index in [1.54, 1.807) is 0 Å². The van der Waals surface area contributed by atoms with Crippen molar-refractivity contribution in [1.29, 1.82) is 0 Å². The minimum absolute atomic E-state index is 1.07. The fourth-order valence-electron chi connectivity index (χ4n) is 7.72. The van der Waals surface area contributed by atoms with Crippen LogP contribution < -0.4 is 0 Å². The van der Waals surface area contributed by atoms with Crippen LogP contribution in [0.15, 0.2) is 146 Å². The Hall–Kier alpha value is -5.57. The first-order chi connectivity index (χ1) is 23.3. The molecule has 0 bridgehead atoms. The highest BCUT2D eigenvalue weighted by Crippen LogP contribution is 2.47. The second kappa shape index (κ2) is 10.5. The van der Waals surface area contributed by atoms with Crippen LogP contribution in [0.3, 0.4) is 0 Å². The van der Waals surface area contributed by atoms with Gasteiger partial charge in [-0.15, -0.1) is 11.3 Å². The Kier molecular flexibility index (Phi) is 5.94. The number of nitrogens with zero attached hydrogens (tertiary/aromatic N) is 1. The lowest BCUT2D eigenvalue weighted by Gasteiger charge is -2.19. The fourth-order valence-corrected chi connectivity index (χ4v) is 9.03. The fraction of sp³-hybridized carbons (Fsp3) is 0.0444. The highest BCUT2D eigenvalue weighted by Gasteiger charge is 2.20. The van der Waals surface area contributed by atoms with Crippen molar-refractivity contribution in [2.45, 2.75) is 12.8 Å². The molecule has 0 spiro atoms. The van der Waals surface area contributed by atoms with Gasteiger partial charge >= 0.3 is 0 Å². The smallest absolute Gasteiger partial charge is 0.0880 e. The minimum atomic E-state index is 1.07. The normalized spacial score (nSPS) is 12.9. The summed E-state index contributed by atoms with van der Waals surface area (Å²) in [4.78, 5) is 6.51. The summed E-state index contributed by atoms with van der Waals surface area (Å²) in [5.41, 5.74) is 8.63. The van der Waals surface area contributed by atoms with Gasteiger partial charge in [-0.25, -0.2) is 0 Å². The van der Waals surface area contributed by atoms with E-state index in [-0.39, 0.29) is 0 Å². The molecular weight excluding hydrogens is 587 g/mol. The molecule has 10 rings (SSSR count). The molecule has 2 heterocycles. The summed E-state index contributed by atoms with van der Waals surface area (Å²) in [6.45, 7) is 0. The second-order valence-electron chi connectivity index (χ2n) is 12.6. The Morgan fingerprint density at radius 3 is 1.79 bits per heavy atom. The number of hydrogen-bond donors (Lipinski definition) is 0. The van der Waals surface area contributed by atoms with Crippen molar-refractivity contribution in [3.8, 4) is 33.5 Å². The van der Waals surface area contributed by atoms with Crippen molar-refractivity contribution < 1.29 is 0 Å². The van der Waals surface area contributed by atoms with E-state index < -0.39 is 0 Å². The Morgan fingerprint density at radius 2 is 1.09 bits per heavy atom. The number of fused-ring (bicyclic) bond motifs is 7. The van der Waals surface area contributed by atoms with Gasteiger partial charge in [0.25, 0.3) is 0 Å². The van der Waals surface area contributed by atoms with Crippen LogP contribution >= 0.6 is 11.3 Å². The van der Waals surface area contributed by atoms with Gasteiger partial charge in [0.05, 0.1) is 10.4 Å². The zero-order chi connectivity index (χ0) is 30.9. The van der Waals surface area contributed by atoms with E-state index in [1.165, 1.54) is 85.9 Å². The third-order valence-corrected chi connectivity index (χ3v) is 11.2. The Bertz CT molecular complexity index is 2750. The lowest BCUT2D eigenvalue weighted by atomic mass is 9.84. The van der Waals surface area contributed by atoms with Gasteiger partial charge in [0.2, 0.25) is 0 Å². The Labute approximate surface area is 277 Å². The summed E-state index contributed by atoms with van der Waals surface area (Å²) >= 11 is 1.92. The van der Waals surface area contributed by atoms with Crippen LogP contribution in [0.25, 0.3) is 92.8 Å². The number of pyridine rings is 1. The van der Waals surface area contributed by atoms with E-state index >= 15 is 0 Å². The van der Waals surface area contributed by atoms with Crippen molar-refractivity contribution in [1.82, 2.24) is 4.98 Å². The molecule has 1 aliphatic rings. The molecule has 0 fully saturated rings. The summed E-state index contributed by atoms with van der Waals surface area (Å²) in [6.07, 6.45) is 8.82. The van der Waals surface area contributed by atoms with E-state index in [1.807, 2.05) is 17.5 Å². The monoisotopic (exact) mass is 615 g/mol. The van der Waals surface area contributed by atoms with Crippen LogP contribution in [0.5, 0.6) is 0 Å². The maximum Gasteiger partial charge on any atom is 0.0880 e. The van der Waals surface area contributed by atoms with Crippen LogP contribution in [0, 0.1) is 0 Å². The average molecular weight is 616 g/mol. The van der Waals surface area contributed by atoms with Gasteiger partial charge in [-0.05, 0) is 108 Å². The van der Waals surface area contributed by atoms with E-state index in [4.69, 9.17) is 4.98 Å². The molecule has 0 N–H and O–H groups in total. The Balaban J connectivity index is 1.32. The van der Waals surface area contributed by atoms with E-state index in [9.17, 15) is 0 Å². The molecule has 0 radical (unpaired) electrons. The maximum atomic E-state index is 5.03. The molecule has 0 unspecified atom stereocenters. The molecule has 47 heavy (non-hydrogen) atoms. The minimum Gasteiger partial charge on any atom is -0.255 e. The number of hydrogen-bond acceptors (Lipinski definition) is 2. The highest BCUT2D eigenvalue weighted by molar-refractivity contribution is 7.20. The molecule has 0 aliphatic heterocycles. The van der Waals surface area contributed by atoms with Crippen LogP contribution in [0.1, 0.15) is 16.9 Å². The van der Waals surface area contributed by atoms with Gasteiger partial charge in [0.1, 0.15) is 0 Å². The number of aromatic nitrogens is 1. The molecule has 1 aliphatic carbocycles. The lowest BCUT2D eigenvalue weighted by Crippen LogP contribution is -1.93. The molecule has 2 heteroatoms. The van der Waals surface area contributed by atoms with Crippen molar-refractivity contribution >= 4 is 70.6 Å². The first-order valence-corrected chi connectivity index (χ1v) is 17.2. The van der Waals surface area contributed by atoms with Gasteiger partial charge in [0, 0.05) is 22.0 Å². The molecule has 220 valence electrons. The predicted octanol–water partition coefficient (Wildman–Crippen LogP) is 12.9. The van der Waals surface area contributed by atoms with Gasteiger partial charge in [-0.3, -0.25) is 4.98 Å². The Morgan fingerprint density at radius 1 is 0.489 bits per heavy atom. The van der Waals surface area contributed by atoms with Crippen LogP contribution in [0.2, 0.25) is 0 Å². The SMILES string of the molecule is C1=Cc2c(sc3c(-c4ccc5c(-c6ccc7ccccc7c6)c6ccccc6c(-c6ccc7ccccc7c6)c5c4)nccc23)CC1. The summed E-state index contributed by atoms with van der Waals surface area (Å²) in [6, 6.07) is 49.3. The first-order valence-electron chi connectivity index (χ1n) is 16.3. The van der Waals surface area contributed by atoms with Crippen molar-refractivity contribution in [2.24, 2.45) is 0 Å². The summed E-state index contributed by atoms with van der Waals surface area (Å²) in [5, 5.41) is 11.4. The maximum absolute atomic E-state index is 5.03. The number of aryl methyl sites for hydroxylation is 1. The van der Waals surface area contributed by atoms with Gasteiger partial charge < -0.3 is 0 Å². The standard InChI is InChI=1S/C45H29NS/c1-3-11-30-25-32(19-17-28(30)9-1)42-36-14-5-6-15-37(36)43(33-20-18-29-10-2-4-12-31(29)26-33)40-27-34(21-22-38(40)42)44-45-39(23-24-46-44)35-13-7-8-16-41(35)47-45/h1-7,9-15,17-27H,8,16H2. The number of rotatable bonds is 3. The van der Waals surface area contributed by atoms with Gasteiger partial charge in [-0.2, -0.15) is 0 Å². The molecule has 9 aromatic rings. The molecule has 0 saturated carbocycles. The third kappa shape index (κ3) is 4.19. The molecule has 0 saturated heterocycles. The third-order valence-electron chi connectivity index (χ3n) is 9.92. The zero-order valence-corrected chi connectivity index (χ0v) is 26.5. The van der Waals surface area contributed by atoms with E-state index in [0.29, 0.717) is 0 Å². The predicted molar refractivity (Wildman–Crippen MR) is 203 cm³/mol. The lowest BCUT2D eigenvalue weighted by molar-refractivity contribution is 1.02. The summed E-state index contributed by atoms with van der Waals surface area (Å²) in [7, 11) is 0. The van der Waals surface area contributed by atoms with Crippen LogP contribution in [-0.4, -0.2) is 4.98 Å². The van der Waals surface area contributed by atoms with Crippen molar-refractivity contribution in [2.75, 3.05) is 0 Å².